The third-order valence-electron chi connectivity index (χ3n) is 4.21. The first-order valence-corrected chi connectivity index (χ1v) is 7.84. The van der Waals surface area contributed by atoms with Crippen molar-refractivity contribution in [1.29, 1.82) is 0 Å². The van der Waals surface area contributed by atoms with Crippen molar-refractivity contribution < 1.29 is 0 Å². The SMILES string of the molecule is CCCCN(CC)C(CN)c1cccc(C2CC2)c1. The van der Waals surface area contributed by atoms with Crippen molar-refractivity contribution in [3.8, 4) is 0 Å². The van der Waals surface area contributed by atoms with Gasteiger partial charge in [0.1, 0.15) is 0 Å². The normalized spacial score (nSPS) is 16.8. The van der Waals surface area contributed by atoms with Gasteiger partial charge in [-0.3, -0.25) is 4.90 Å². The molecule has 1 unspecified atom stereocenters. The Balaban J connectivity index is 2.12. The minimum Gasteiger partial charge on any atom is -0.329 e. The lowest BCUT2D eigenvalue weighted by Crippen LogP contribution is -2.34. The van der Waals surface area contributed by atoms with E-state index < -0.39 is 0 Å². The van der Waals surface area contributed by atoms with Crippen LogP contribution >= 0.6 is 0 Å². The molecular formula is C17H28N2. The second kappa shape index (κ2) is 7.06. The highest BCUT2D eigenvalue weighted by molar-refractivity contribution is 5.31. The summed E-state index contributed by atoms with van der Waals surface area (Å²) in [6, 6.07) is 9.51. The summed E-state index contributed by atoms with van der Waals surface area (Å²) in [5, 5.41) is 0. The van der Waals surface area contributed by atoms with Crippen LogP contribution in [-0.2, 0) is 0 Å². The number of unbranched alkanes of at least 4 members (excludes halogenated alkanes) is 1. The molecule has 0 aromatic heterocycles. The van der Waals surface area contributed by atoms with E-state index in [1.54, 1.807) is 0 Å². The highest BCUT2D eigenvalue weighted by Crippen LogP contribution is 2.40. The molecule has 1 aromatic rings. The van der Waals surface area contributed by atoms with Gasteiger partial charge in [0.15, 0.2) is 0 Å². The Labute approximate surface area is 118 Å². The summed E-state index contributed by atoms with van der Waals surface area (Å²) >= 11 is 0. The summed E-state index contributed by atoms with van der Waals surface area (Å²) in [5.41, 5.74) is 8.98. The van der Waals surface area contributed by atoms with Gasteiger partial charge in [-0.15, -0.1) is 0 Å². The lowest BCUT2D eigenvalue weighted by atomic mass is 10.00. The van der Waals surface area contributed by atoms with E-state index in [0.717, 1.165) is 19.0 Å². The zero-order valence-corrected chi connectivity index (χ0v) is 12.4. The molecule has 2 rings (SSSR count). The molecule has 1 aliphatic carbocycles. The van der Waals surface area contributed by atoms with E-state index in [4.69, 9.17) is 5.73 Å². The Morgan fingerprint density at radius 2 is 2.11 bits per heavy atom. The number of hydrogen-bond donors (Lipinski definition) is 1. The molecule has 106 valence electrons. The van der Waals surface area contributed by atoms with Crippen molar-refractivity contribution in [2.24, 2.45) is 5.73 Å². The third-order valence-corrected chi connectivity index (χ3v) is 4.21. The van der Waals surface area contributed by atoms with Crippen LogP contribution < -0.4 is 5.73 Å². The Kier molecular flexibility index (Phi) is 5.41. The Bertz CT molecular complexity index is 385. The molecule has 2 nitrogen and oxygen atoms in total. The Hall–Kier alpha value is -0.860. The largest absolute Gasteiger partial charge is 0.329 e. The average Bonchev–Trinajstić information content (AvgIpc) is 3.28. The fourth-order valence-corrected chi connectivity index (χ4v) is 2.83. The van der Waals surface area contributed by atoms with E-state index in [-0.39, 0.29) is 0 Å². The van der Waals surface area contributed by atoms with Crippen LogP contribution in [0.4, 0.5) is 0 Å². The molecule has 2 N–H and O–H groups in total. The van der Waals surface area contributed by atoms with Crippen LogP contribution in [0.5, 0.6) is 0 Å². The minimum atomic E-state index is 0.384. The van der Waals surface area contributed by atoms with Crippen molar-refractivity contribution in [3.63, 3.8) is 0 Å². The molecule has 0 radical (unpaired) electrons. The number of rotatable bonds is 8. The van der Waals surface area contributed by atoms with Crippen LogP contribution in [0, 0.1) is 0 Å². The first-order chi connectivity index (χ1) is 9.30. The molecule has 1 saturated carbocycles. The van der Waals surface area contributed by atoms with Gasteiger partial charge in [-0.2, -0.15) is 0 Å². The maximum absolute atomic E-state index is 6.05. The van der Waals surface area contributed by atoms with Gasteiger partial charge in [-0.05, 0) is 49.4 Å². The van der Waals surface area contributed by atoms with Crippen molar-refractivity contribution in [3.05, 3.63) is 35.4 Å². The highest BCUT2D eigenvalue weighted by atomic mass is 15.2. The molecule has 19 heavy (non-hydrogen) atoms. The van der Waals surface area contributed by atoms with Gasteiger partial charge >= 0.3 is 0 Å². The molecule has 1 atom stereocenters. The summed E-state index contributed by atoms with van der Waals surface area (Å²) in [6.07, 6.45) is 5.23. The van der Waals surface area contributed by atoms with E-state index >= 15 is 0 Å². The molecule has 0 spiro atoms. The fraction of sp³-hybridized carbons (Fsp3) is 0.647. The average molecular weight is 260 g/mol. The monoisotopic (exact) mass is 260 g/mol. The maximum atomic E-state index is 6.05. The van der Waals surface area contributed by atoms with E-state index in [9.17, 15) is 0 Å². The van der Waals surface area contributed by atoms with Gasteiger partial charge in [0.2, 0.25) is 0 Å². The van der Waals surface area contributed by atoms with Gasteiger partial charge in [-0.1, -0.05) is 44.5 Å². The molecule has 0 amide bonds. The van der Waals surface area contributed by atoms with Crippen molar-refractivity contribution >= 4 is 0 Å². The van der Waals surface area contributed by atoms with Crippen LogP contribution in [0.3, 0.4) is 0 Å². The highest BCUT2D eigenvalue weighted by Gasteiger charge is 2.25. The predicted molar refractivity (Wildman–Crippen MR) is 82.4 cm³/mol. The molecular weight excluding hydrogens is 232 g/mol. The summed E-state index contributed by atoms with van der Waals surface area (Å²) in [7, 11) is 0. The van der Waals surface area contributed by atoms with E-state index in [2.05, 4.69) is 43.0 Å². The zero-order chi connectivity index (χ0) is 13.7. The third kappa shape index (κ3) is 3.80. The molecule has 0 saturated heterocycles. The molecule has 1 fully saturated rings. The topological polar surface area (TPSA) is 29.3 Å². The number of benzene rings is 1. The predicted octanol–water partition coefficient (Wildman–Crippen LogP) is 3.69. The van der Waals surface area contributed by atoms with Gasteiger partial charge in [0, 0.05) is 12.6 Å². The van der Waals surface area contributed by atoms with Crippen molar-refractivity contribution in [2.45, 2.75) is 51.5 Å². The molecule has 0 bridgehead atoms. The van der Waals surface area contributed by atoms with Gasteiger partial charge in [-0.25, -0.2) is 0 Å². The Morgan fingerprint density at radius 3 is 2.68 bits per heavy atom. The fourth-order valence-electron chi connectivity index (χ4n) is 2.83. The van der Waals surface area contributed by atoms with Crippen LogP contribution in [-0.4, -0.2) is 24.5 Å². The number of likely N-dealkylation sites (N-methyl/N-ethyl adjacent to an activating group) is 1. The van der Waals surface area contributed by atoms with Crippen LogP contribution in [0.25, 0.3) is 0 Å². The van der Waals surface area contributed by atoms with Crippen LogP contribution in [0.1, 0.15) is 62.6 Å². The molecule has 1 aromatic carbocycles. The molecule has 1 aliphatic rings. The molecule has 2 heteroatoms. The zero-order valence-electron chi connectivity index (χ0n) is 12.4. The lowest BCUT2D eigenvalue weighted by molar-refractivity contribution is 0.209. The lowest BCUT2D eigenvalue weighted by Gasteiger charge is -2.30. The van der Waals surface area contributed by atoms with Crippen LogP contribution in [0.2, 0.25) is 0 Å². The minimum absolute atomic E-state index is 0.384. The summed E-state index contributed by atoms with van der Waals surface area (Å²) in [4.78, 5) is 2.52. The summed E-state index contributed by atoms with van der Waals surface area (Å²) in [5.74, 6) is 0.823. The second-order valence-electron chi connectivity index (χ2n) is 5.68. The maximum Gasteiger partial charge on any atom is 0.0470 e. The van der Waals surface area contributed by atoms with Gasteiger partial charge in [0.05, 0.1) is 0 Å². The van der Waals surface area contributed by atoms with E-state index in [1.807, 2.05) is 0 Å². The quantitative estimate of drug-likeness (QED) is 0.772. The van der Waals surface area contributed by atoms with E-state index in [1.165, 1.54) is 36.8 Å². The Morgan fingerprint density at radius 1 is 1.32 bits per heavy atom. The smallest absolute Gasteiger partial charge is 0.0470 e. The first kappa shape index (κ1) is 14.5. The van der Waals surface area contributed by atoms with Crippen LogP contribution in [0.15, 0.2) is 24.3 Å². The van der Waals surface area contributed by atoms with Gasteiger partial charge < -0.3 is 5.73 Å². The molecule has 0 heterocycles. The van der Waals surface area contributed by atoms with Crippen molar-refractivity contribution in [1.82, 2.24) is 4.90 Å². The second-order valence-corrected chi connectivity index (χ2v) is 5.68. The number of nitrogens with zero attached hydrogens (tertiary/aromatic N) is 1. The summed E-state index contributed by atoms with van der Waals surface area (Å²) in [6.45, 7) is 7.44. The number of hydrogen-bond acceptors (Lipinski definition) is 2. The van der Waals surface area contributed by atoms with Crippen molar-refractivity contribution in [2.75, 3.05) is 19.6 Å². The first-order valence-electron chi connectivity index (χ1n) is 7.84. The van der Waals surface area contributed by atoms with Gasteiger partial charge in [0.25, 0.3) is 0 Å². The summed E-state index contributed by atoms with van der Waals surface area (Å²) < 4.78 is 0. The molecule has 0 aliphatic heterocycles. The number of nitrogens with two attached hydrogens (primary N) is 1. The standard InChI is InChI=1S/C17H28N2/c1-3-5-11-19(4-2)17(13-18)16-8-6-7-15(12-16)14-9-10-14/h6-8,12,14,17H,3-5,9-11,13,18H2,1-2H3. The van der Waals surface area contributed by atoms with E-state index in [0.29, 0.717) is 12.6 Å².